The molecule has 0 aliphatic carbocycles. The van der Waals surface area contributed by atoms with Gasteiger partial charge in [-0.15, -0.1) is 0 Å². The molecule has 0 saturated carbocycles. The molecular weight excluding hydrogens is 241 g/mol. The van der Waals surface area contributed by atoms with Crippen molar-refractivity contribution in [2.75, 3.05) is 0 Å². The van der Waals surface area contributed by atoms with Crippen molar-refractivity contribution in [1.82, 2.24) is 9.55 Å². The minimum atomic E-state index is -0.252. The van der Waals surface area contributed by atoms with E-state index >= 15 is 0 Å². The first-order valence-corrected chi connectivity index (χ1v) is 6.94. The Hall–Kier alpha value is -1.42. The van der Waals surface area contributed by atoms with E-state index in [2.05, 4.69) is 30.3 Å². The molecule has 4 heteroatoms. The number of benzene rings is 1. The summed E-state index contributed by atoms with van der Waals surface area (Å²) in [4.78, 5) is 4.54. The van der Waals surface area contributed by atoms with Gasteiger partial charge in [0.05, 0.1) is 17.1 Å². The number of halogens is 1. The van der Waals surface area contributed by atoms with Crippen LogP contribution in [0.4, 0.5) is 4.39 Å². The average molecular weight is 263 g/mol. The fourth-order valence-corrected chi connectivity index (χ4v) is 2.40. The summed E-state index contributed by atoms with van der Waals surface area (Å²) >= 11 is 0. The van der Waals surface area contributed by atoms with Gasteiger partial charge in [0.25, 0.3) is 0 Å². The van der Waals surface area contributed by atoms with Crippen molar-refractivity contribution in [2.45, 2.75) is 46.2 Å². The van der Waals surface area contributed by atoms with Crippen LogP contribution in [-0.2, 0) is 6.54 Å². The van der Waals surface area contributed by atoms with Crippen LogP contribution in [0, 0.1) is 11.7 Å². The van der Waals surface area contributed by atoms with E-state index in [9.17, 15) is 4.39 Å². The molecule has 19 heavy (non-hydrogen) atoms. The SMILES string of the molecule is CCCC(N)c1nc2cc(F)ccc2n1CC(C)C. The largest absolute Gasteiger partial charge is 0.326 e. The molecule has 0 amide bonds. The Morgan fingerprint density at radius 3 is 2.74 bits per heavy atom. The maximum absolute atomic E-state index is 13.3. The fraction of sp³-hybridized carbons (Fsp3) is 0.533. The molecule has 104 valence electrons. The van der Waals surface area contributed by atoms with E-state index in [1.807, 2.05) is 0 Å². The van der Waals surface area contributed by atoms with E-state index in [-0.39, 0.29) is 11.9 Å². The summed E-state index contributed by atoms with van der Waals surface area (Å²) in [6.07, 6.45) is 1.91. The van der Waals surface area contributed by atoms with Crippen molar-refractivity contribution >= 4 is 11.0 Å². The molecule has 2 N–H and O–H groups in total. The van der Waals surface area contributed by atoms with Crippen molar-refractivity contribution in [3.63, 3.8) is 0 Å². The summed E-state index contributed by atoms with van der Waals surface area (Å²) in [5.74, 6) is 1.11. The molecular formula is C15H22FN3. The van der Waals surface area contributed by atoms with E-state index in [0.29, 0.717) is 11.4 Å². The molecule has 1 aromatic carbocycles. The minimum Gasteiger partial charge on any atom is -0.326 e. The zero-order valence-electron chi connectivity index (χ0n) is 11.9. The van der Waals surface area contributed by atoms with Crippen LogP contribution in [0.3, 0.4) is 0 Å². The van der Waals surface area contributed by atoms with Gasteiger partial charge in [-0.2, -0.15) is 0 Å². The number of imidazole rings is 1. The number of hydrogen-bond acceptors (Lipinski definition) is 2. The van der Waals surface area contributed by atoms with Crippen LogP contribution in [0.1, 0.15) is 45.5 Å². The minimum absolute atomic E-state index is 0.0841. The molecule has 0 aliphatic heterocycles. The summed E-state index contributed by atoms with van der Waals surface area (Å²) < 4.78 is 15.4. The number of nitrogens with two attached hydrogens (primary N) is 1. The second-order valence-corrected chi connectivity index (χ2v) is 5.50. The van der Waals surface area contributed by atoms with Gasteiger partial charge in [-0.05, 0) is 24.5 Å². The van der Waals surface area contributed by atoms with Gasteiger partial charge in [-0.3, -0.25) is 0 Å². The van der Waals surface area contributed by atoms with Gasteiger partial charge in [0.1, 0.15) is 11.6 Å². The number of fused-ring (bicyclic) bond motifs is 1. The molecule has 1 aromatic heterocycles. The lowest BCUT2D eigenvalue weighted by Gasteiger charge is -2.15. The van der Waals surface area contributed by atoms with Crippen molar-refractivity contribution in [3.05, 3.63) is 29.8 Å². The van der Waals surface area contributed by atoms with Crippen LogP contribution >= 0.6 is 0 Å². The van der Waals surface area contributed by atoms with Gasteiger partial charge >= 0.3 is 0 Å². The topological polar surface area (TPSA) is 43.8 Å². The van der Waals surface area contributed by atoms with E-state index in [1.165, 1.54) is 12.1 Å². The first kappa shape index (κ1) is 14.0. The third kappa shape index (κ3) is 2.95. The zero-order chi connectivity index (χ0) is 14.0. The highest BCUT2D eigenvalue weighted by Crippen LogP contribution is 2.24. The Bertz CT molecular complexity index is 560. The molecule has 0 fully saturated rings. The van der Waals surface area contributed by atoms with Crippen LogP contribution in [0.2, 0.25) is 0 Å². The van der Waals surface area contributed by atoms with Crippen LogP contribution in [-0.4, -0.2) is 9.55 Å². The van der Waals surface area contributed by atoms with Crippen molar-refractivity contribution < 1.29 is 4.39 Å². The predicted octanol–water partition coefficient (Wildman–Crippen LogP) is 3.63. The molecule has 0 bridgehead atoms. The number of rotatable bonds is 5. The number of hydrogen-bond donors (Lipinski definition) is 1. The summed E-state index contributed by atoms with van der Waals surface area (Å²) in [7, 11) is 0. The summed E-state index contributed by atoms with van der Waals surface area (Å²) in [6.45, 7) is 7.28. The molecule has 3 nitrogen and oxygen atoms in total. The van der Waals surface area contributed by atoms with Gasteiger partial charge < -0.3 is 10.3 Å². The van der Waals surface area contributed by atoms with E-state index in [4.69, 9.17) is 5.73 Å². The third-order valence-corrected chi connectivity index (χ3v) is 3.22. The normalized spacial score (nSPS) is 13.4. The Labute approximate surface area is 113 Å². The third-order valence-electron chi connectivity index (χ3n) is 3.22. The highest BCUT2D eigenvalue weighted by molar-refractivity contribution is 5.76. The Kier molecular flexibility index (Phi) is 4.20. The molecule has 1 atom stereocenters. The van der Waals surface area contributed by atoms with Crippen LogP contribution in [0.15, 0.2) is 18.2 Å². The smallest absolute Gasteiger partial charge is 0.126 e. The predicted molar refractivity (Wildman–Crippen MR) is 76.4 cm³/mol. The molecule has 0 aliphatic rings. The van der Waals surface area contributed by atoms with Gasteiger partial charge in [-0.1, -0.05) is 27.2 Å². The highest BCUT2D eigenvalue weighted by Gasteiger charge is 2.17. The molecule has 0 radical (unpaired) electrons. The van der Waals surface area contributed by atoms with Crippen LogP contribution in [0.25, 0.3) is 11.0 Å². The lowest BCUT2D eigenvalue weighted by molar-refractivity contribution is 0.487. The number of nitrogens with zero attached hydrogens (tertiary/aromatic N) is 2. The molecule has 2 rings (SSSR count). The second-order valence-electron chi connectivity index (χ2n) is 5.50. The lowest BCUT2D eigenvalue weighted by Crippen LogP contribution is -2.18. The maximum Gasteiger partial charge on any atom is 0.126 e. The first-order chi connectivity index (χ1) is 9.02. The molecule has 1 heterocycles. The van der Waals surface area contributed by atoms with Gasteiger partial charge in [0.2, 0.25) is 0 Å². The van der Waals surface area contributed by atoms with Crippen LogP contribution < -0.4 is 5.73 Å². The van der Waals surface area contributed by atoms with Gasteiger partial charge in [0, 0.05) is 12.6 Å². The first-order valence-electron chi connectivity index (χ1n) is 6.94. The Balaban J connectivity index is 2.53. The Morgan fingerprint density at radius 2 is 2.11 bits per heavy atom. The van der Waals surface area contributed by atoms with E-state index in [1.54, 1.807) is 6.07 Å². The average Bonchev–Trinajstić information content (AvgIpc) is 2.67. The van der Waals surface area contributed by atoms with Crippen LogP contribution in [0.5, 0.6) is 0 Å². The molecule has 0 saturated heterocycles. The van der Waals surface area contributed by atoms with Gasteiger partial charge in [0.15, 0.2) is 0 Å². The van der Waals surface area contributed by atoms with Gasteiger partial charge in [-0.25, -0.2) is 9.37 Å². The van der Waals surface area contributed by atoms with Crippen molar-refractivity contribution in [2.24, 2.45) is 11.7 Å². The Morgan fingerprint density at radius 1 is 1.37 bits per heavy atom. The summed E-state index contributed by atoms with van der Waals surface area (Å²) in [6, 6.07) is 4.67. The molecule has 0 spiro atoms. The standard InChI is InChI=1S/C15H22FN3/c1-4-5-12(17)15-18-13-8-11(16)6-7-14(13)19(15)9-10(2)3/h6-8,10,12H,4-5,9,17H2,1-3H3. The van der Waals surface area contributed by atoms with Crippen molar-refractivity contribution in [1.29, 1.82) is 0 Å². The monoisotopic (exact) mass is 263 g/mol. The highest BCUT2D eigenvalue weighted by atomic mass is 19.1. The second kappa shape index (κ2) is 5.70. The number of aromatic nitrogens is 2. The van der Waals surface area contributed by atoms with Crippen molar-refractivity contribution in [3.8, 4) is 0 Å². The fourth-order valence-electron chi connectivity index (χ4n) is 2.40. The van der Waals surface area contributed by atoms with E-state index < -0.39 is 0 Å². The lowest BCUT2D eigenvalue weighted by atomic mass is 10.1. The molecule has 1 unspecified atom stereocenters. The van der Waals surface area contributed by atoms with E-state index in [0.717, 1.165) is 30.7 Å². The summed E-state index contributed by atoms with van der Waals surface area (Å²) in [5.41, 5.74) is 7.87. The zero-order valence-corrected chi connectivity index (χ0v) is 11.9. The summed E-state index contributed by atoms with van der Waals surface area (Å²) in [5, 5.41) is 0. The quantitative estimate of drug-likeness (QED) is 0.895. The maximum atomic E-state index is 13.3. The molecule has 2 aromatic rings.